The summed E-state index contributed by atoms with van der Waals surface area (Å²) in [4.78, 5) is 0. The molecule has 0 saturated carbocycles. The summed E-state index contributed by atoms with van der Waals surface area (Å²) >= 11 is 5.93. The highest BCUT2D eigenvalue weighted by Crippen LogP contribution is 2.34. The maximum Gasteiger partial charge on any atom is 0.128 e. The van der Waals surface area contributed by atoms with E-state index in [0.717, 1.165) is 17.6 Å². The molecule has 2 heteroatoms. The largest absolute Gasteiger partial charge is 0.507 e. The molecule has 0 spiro atoms. The highest BCUT2D eigenvalue weighted by atomic mass is 35.5. The van der Waals surface area contributed by atoms with Crippen molar-refractivity contribution in [2.24, 2.45) is 5.92 Å². The lowest BCUT2D eigenvalue weighted by atomic mass is 9.95. The predicted molar refractivity (Wildman–Crippen MR) is 69.9 cm³/mol. The standard InChI is InChI=1S/C14H17ClO/c1-5-11(8-9(2)3)12-6-7-13(15)10(4)14(12)16/h6-7,9,16H,1,8H2,2-4H3. The average Bonchev–Trinajstić information content (AvgIpc) is 2.23. The molecule has 0 bridgehead atoms. The van der Waals surface area contributed by atoms with Crippen molar-refractivity contribution in [3.05, 3.63) is 40.6 Å². The quantitative estimate of drug-likeness (QED) is 0.763. The Bertz CT molecular complexity index is 440. The molecular formula is C14H17ClO. The second kappa shape index (κ2) is 5.25. The molecular weight excluding hydrogens is 220 g/mol. The first-order chi connectivity index (χ1) is 7.47. The Kier molecular flexibility index (Phi) is 4.23. The predicted octanol–water partition coefficient (Wildman–Crippen LogP) is 4.57. The molecule has 0 aliphatic heterocycles. The zero-order chi connectivity index (χ0) is 12.3. The van der Waals surface area contributed by atoms with Crippen molar-refractivity contribution >= 4 is 17.2 Å². The van der Waals surface area contributed by atoms with Crippen LogP contribution in [0, 0.1) is 12.8 Å². The zero-order valence-corrected chi connectivity index (χ0v) is 10.7. The van der Waals surface area contributed by atoms with E-state index in [2.05, 4.69) is 26.2 Å². The third kappa shape index (κ3) is 2.69. The van der Waals surface area contributed by atoms with Gasteiger partial charge in [0, 0.05) is 21.7 Å². The Labute approximate surface area is 102 Å². The third-order valence-electron chi connectivity index (χ3n) is 2.52. The summed E-state index contributed by atoms with van der Waals surface area (Å²) in [5.41, 5.74) is 5.33. The normalized spacial score (nSPS) is 10.3. The molecule has 1 N–H and O–H groups in total. The molecule has 0 aromatic heterocycles. The van der Waals surface area contributed by atoms with Crippen LogP contribution in [0.3, 0.4) is 0 Å². The number of aromatic hydroxyl groups is 1. The molecule has 1 aromatic carbocycles. The number of hydrogen-bond acceptors (Lipinski definition) is 1. The van der Waals surface area contributed by atoms with Gasteiger partial charge in [-0.05, 0) is 31.4 Å². The van der Waals surface area contributed by atoms with Crippen LogP contribution in [-0.2, 0) is 0 Å². The molecule has 0 aliphatic rings. The van der Waals surface area contributed by atoms with E-state index in [1.165, 1.54) is 0 Å². The van der Waals surface area contributed by atoms with Crippen LogP contribution in [0.2, 0.25) is 5.02 Å². The zero-order valence-electron chi connectivity index (χ0n) is 9.97. The van der Waals surface area contributed by atoms with E-state index in [1.807, 2.05) is 6.07 Å². The molecule has 0 radical (unpaired) electrons. The molecule has 0 aliphatic carbocycles. The van der Waals surface area contributed by atoms with Gasteiger partial charge >= 0.3 is 0 Å². The maximum atomic E-state index is 10.0. The van der Waals surface area contributed by atoms with Gasteiger partial charge in [0.2, 0.25) is 0 Å². The number of hydrogen-bond donors (Lipinski definition) is 1. The van der Waals surface area contributed by atoms with Gasteiger partial charge in [0.15, 0.2) is 0 Å². The van der Waals surface area contributed by atoms with Crippen LogP contribution in [0.5, 0.6) is 5.75 Å². The van der Waals surface area contributed by atoms with E-state index < -0.39 is 0 Å². The van der Waals surface area contributed by atoms with Crippen molar-refractivity contribution < 1.29 is 5.11 Å². The highest BCUT2D eigenvalue weighted by molar-refractivity contribution is 6.31. The molecule has 0 fully saturated rings. The summed E-state index contributed by atoms with van der Waals surface area (Å²) < 4.78 is 0. The van der Waals surface area contributed by atoms with E-state index >= 15 is 0 Å². The van der Waals surface area contributed by atoms with Crippen LogP contribution in [0.15, 0.2) is 24.4 Å². The Morgan fingerprint density at radius 1 is 1.50 bits per heavy atom. The second-order valence-corrected chi connectivity index (χ2v) is 4.73. The summed E-state index contributed by atoms with van der Waals surface area (Å²) in [5.74, 6) is 0.735. The van der Waals surface area contributed by atoms with Crippen molar-refractivity contribution in [3.63, 3.8) is 0 Å². The fourth-order valence-corrected chi connectivity index (χ4v) is 1.76. The number of phenolic OH excluding ortho intramolecular Hbond substituents is 1. The molecule has 0 atom stereocenters. The van der Waals surface area contributed by atoms with Gasteiger partial charge in [-0.15, -0.1) is 5.73 Å². The molecule has 0 saturated heterocycles. The van der Waals surface area contributed by atoms with E-state index in [0.29, 0.717) is 16.5 Å². The lowest BCUT2D eigenvalue weighted by Crippen LogP contribution is -1.93. The fourth-order valence-electron chi connectivity index (χ4n) is 1.60. The lowest BCUT2D eigenvalue weighted by molar-refractivity contribution is 0.469. The van der Waals surface area contributed by atoms with Gasteiger partial charge in [-0.3, -0.25) is 0 Å². The van der Waals surface area contributed by atoms with Crippen LogP contribution >= 0.6 is 11.6 Å². The number of rotatable bonds is 3. The summed E-state index contributed by atoms with van der Waals surface area (Å²) in [7, 11) is 0. The van der Waals surface area contributed by atoms with E-state index in [9.17, 15) is 5.11 Å². The first kappa shape index (κ1) is 12.9. The monoisotopic (exact) mass is 236 g/mol. The minimum absolute atomic E-state index is 0.235. The Hall–Kier alpha value is -1.17. The van der Waals surface area contributed by atoms with Crippen LogP contribution in [0.1, 0.15) is 31.4 Å². The fraction of sp³-hybridized carbons (Fsp3) is 0.357. The van der Waals surface area contributed by atoms with Crippen LogP contribution < -0.4 is 0 Å². The minimum atomic E-state index is 0.235. The molecule has 16 heavy (non-hydrogen) atoms. The minimum Gasteiger partial charge on any atom is -0.507 e. The van der Waals surface area contributed by atoms with Crippen molar-refractivity contribution in [1.29, 1.82) is 0 Å². The van der Waals surface area contributed by atoms with Crippen molar-refractivity contribution in [2.45, 2.75) is 27.2 Å². The molecule has 0 heterocycles. The first-order valence-electron chi connectivity index (χ1n) is 5.34. The van der Waals surface area contributed by atoms with Crippen LogP contribution in [0.4, 0.5) is 0 Å². The van der Waals surface area contributed by atoms with Gasteiger partial charge in [0.25, 0.3) is 0 Å². The molecule has 1 aromatic rings. The van der Waals surface area contributed by atoms with Gasteiger partial charge in [0.05, 0.1) is 0 Å². The molecule has 86 valence electrons. The number of halogens is 1. The van der Waals surface area contributed by atoms with Crippen LogP contribution in [0.25, 0.3) is 5.57 Å². The SMILES string of the molecule is C=C=C(CC(C)C)c1ccc(Cl)c(C)c1O. The number of allylic oxidation sites excluding steroid dienone is 1. The summed E-state index contributed by atoms with van der Waals surface area (Å²) in [6.07, 6.45) is 0.845. The van der Waals surface area contributed by atoms with Gasteiger partial charge < -0.3 is 5.11 Å². The maximum absolute atomic E-state index is 10.0. The summed E-state index contributed by atoms with van der Waals surface area (Å²) in [6, 6.07) is 3.62. The average molecular weight is 237 g/mol. The van der Waals surface area contributed by atoms with Crippen LogP contribution in [-0.4, -0.2) is 5.11 Å². The van der Waals surface area contributed by atoms with Gasteiger partial charge in [-0.2, -0.15) is 0 Å². The van der Waals surface area contributed by atoms with Crippen molar-refractivity contribution in [3.8, 4) is 5.75 Å². The Morgan fingerprint density at radius 3 is 2.62 bits per heavy atom. The Balaban J connectivity index is 3.23. The van der Waals surface area contributed by atoms with Crippen molar-refractivity contribution in [1.82, 2.24) is 0 Å². The summed E-state index contributed by atoms with van der Waals surface area (Å²) in [6.45, 7) is 9.72. The highest BCUT2D eigenvalue weighted by Gasteiger charge is 2.12. The molecule has 1 rings (SSSR count). The molecule has 0 unspecified atom stereocenters. The lowest BCUT2D eigenvalue weighted by Gasteiger charge is -2.12. The number of phenols is 1. The first-order valence-corrected chi connectivity index (χ1v) is 5.72. The van der Waals surface area contributed by atoms with Gasteiger partial charge in [-0.1, -0.05) is 32.0 Å². The van der Waals surface area contributed by atoms with Gasteiger partial charge in [0.1, 0.15) is 5.75 Å². The van der Waals surface area contributed by atoms with E-state index in [-0.39, 0.29) is 5.75 Å². The number of benzene rings is 1. The van der Waals surface area contributed by atoms with E-state index in [1.54, 1.807) is 13.0 Å². The third-order valence-corrected chi connectivity index (χ3v) is 2.93. The Morgan fingerprint density at radius 2 is 2.12 bits per heavy atom. The van der Waals surface area contributed by atoms with E-state index in [4.69, 9.17) is 11.6 Å². The van der Waals surface area contributed by atoms with Crippen molar-refractivity contribution in [2.75, 3.05) is 0 Å². The summed E-state index contributed by atoms with van der Waals surface area (Å²) in [5, 5.41) is 10.6. The van der Waals surface area contributed by atoms with Gasteiger partial charge in [-0.25, -0.2) is 0 Å². The molecule has 1 nitrogen and oxygen atoms in total. The smallest absolute Gasteiger partial charge is 0.128 e. The second-order valence-electron chi connectivity index (χ2n) is 4.32. The topological polar surface area (TPSA) is 20.2 Å². The molecule has 0 amide bonds.